The first-order valence-corrected chi connectivity index (χ1v) is 7.70. The minimum absolute atomic E-state index is 0.168. The number of amides is 1. The van der Waals surface area contributed by atoms with Crippen molar-refractivity contribution in [1.82, 2.24) is 4.98 Å². The van der Waals surface area contributed by atoms with Gasteiger partial charge in [0.1, 0.15) is 5.75 Å². The molecular formula is C20H18N2O2. The van der Waals surface area contributed by atoms with Crippen LogP contribution in [0.3, 0.4) is 0 Å². The minimum atomic E-state index is -0.168. The van der Waals surface area contributed by atoms with Crippen molar-refractivity contribution >= 4 is 11.6 Å². The molecule has 1 aromatic heterocycles. The van der Waals surface area contributed by atoms with Gasteiger partial charge in [-0.15, -0.1) is 0 Å². The van der Waals surface area contributed by atoms with Crippen LogP contribution in [-0.2, 0) is 0 Å². The monoisotopic (exact) mass is 318 g/mol. The van der Waals surface area contributed by atoms with Crippen molar-refractivity contribution in [2.24, 2.45) is 0 Å². The molecule has 3 aromatic rings. The average Bonchev–Trinajstić information content (AvgIpc) is 2.59. The summed E-state index contributed by atoms with van der Waals surface area (Å²) < 4.78 is 5.68. The zero-order valence-corrected chi connectivity index (χ0v) is 13.6. The van der Waals surface area contributed by atoms with Gasteiger partial charge in [0, 0.05) is 23.5 Å². The van der Waals surface area contributed by atoms with Crippen molar-refractivity contribution in [3.8, 4) is 11.6 Å². The Kier molecular flexibility index (Phi) is 4.57. The van der Waals surface area contributed by atoms with E-state index in [1.807, 2.05) is 44.2 Å². The second-order valence-corrected chi connectivity index (χ2v) is 5.52. The summed E-state index contributed by atoms with van der Waals surface area (Å²) in [6, 6.07) is 18.4. The van der Waals surface area contributed by atoms with Crippen LogP contribution < -0.4 is 10.1 Å². The third-order valence-corrected chi connectivity index (χ3v) is 3.68. The highest BCUT2D eigenvalue weighted by Crippen LogP contribution is 2.23. The minimum Gasteiger partial charge on any atom is -0.439 e. The fraction of sp³-hybridized carbons (Fsp3) is 0.100. The molecule has 3 rings (SSSR count). The van der Waals surface area contributed by atoms with Gasteiger partial charge in [0.05, 0.1) is 0 Å². The number of aromatic nitrogens is 1. The van der Waals surface area contributed by atoms with Crippen LogP contribution in [0, 0.1) is 13.8 Å². The lowest BCUT2D eigenvalue weighted by Gasteiger charge is -2.12. The zero-order valence-electron chi connectivity index (χ0n) is 13.6. The van der Waals surface area contributed by atoms with Gasteiger partial charge in [0.2, 0.25) is 5.88 Å². The zero-order chi connectivity index (χ0) is 16.9. The second kappa shape index (κ2) is 6.96. The number of rotatable bonds is 4. The van der Waals surface area contributed by atoms with Crippen LogP contribution in [-0.4, -0.2) is 10.9 Å². The van der Waals surface area contributed by atoms with E-state index in [1.54, 1.807) is 36.5 Å². The first-order valence-electron chi connectivity index (χ1n) is 7.70. The van der Waals surface area contributed by atoms with Crippen LogP contribution in [0.25, 0.3) is 0 Å². The van der Waals surface area contributed by atoms with E-state index in [9.17, 15) is 4.79 Å². The Morgan fingerprint density at radius 2 is 1.71 bits per heavy atom. The van der Waals surface area contributed by atoms with Gasteiger partial charge in [-0.1, -0.05) is 30.3 Å². The summed E-state index contributed by atoms with van der Waals surface area (Å²) in [6.07, 6.45) is 1.66. The van der Waals surface area contributed by atoms with Crippen molar-refractivity contribution in [3.05, 3.63) is 83.6 Å². The van der Waals surface area contributed by atoms with Crippen LogP contribution in [0.2, 0.25) is 0 Å². The molecule has 0 atom stereocenters. The van der Waals surface area contributed by atoms with Gasteiger partial charge in [-0.25, -0.2) is 4.98 Å². The number of pyridine rings is 1. The highest BCUT2D eigenvalue weighted by atomic mass is 16.5. The van der Waals surface area contributed by atoms with E-state index in [2.05, 4.69) is 10.3 Å². The molecule has 0 unspecified atom stereocenters. The number of nitrogens with zero attached hydrogens (tertiary/aromatic N) is 1. The third kappa shape index (κ3) is 3.60. The molecule has 0 aliphatic heterocycles. The maximum Gasteiger partial charge on any atom is 0.255 e. The number of benzene rings is 2. The molecule has 1 N–H and O–H groups in total. The van der Waals surface area contributed by atoms with Crippen LogP contribution in [0.1, 0.15) is 21.5 Å². The van der Waals surface area contributed by atoms with Crippen molar-refractivity contribution in [2.75, 3.05) is 5.32 Å². The molecule has 0 saturated carbocycles. The number of hydrogen-bond donors (Lipinski definition) is 1. The van der Waals surface area contributed by atoms with Crippen LogP contribution in [0.5, 0.6) is 11.6 Å². The van der Waals surface area contributed by atoms with Crippen molar-refractivity contribution in [2.45, 2.75) is 13.8 Å². The largest absolute Gasteiger partial charge is 0.439 e. The number of para-hydroxylation sites is 1. The lowest BCUT2D eigenvalue weighted by molar-refractivity contribution is 0.102. The Labute approximate surface area is 141 Å². The highest BCUT2D eigenvalue weighted by molar-refractivity contribution is 6.05. The van der Waals surface area contributed by atoms with E-state index in [0.717, 1.165) is 16.8 Å². The van der Waals surface area contributed by atoms with Gasteiger partial charge in [0.15, 0.2) is 0 Å². The molecular weight excluding hydrogens is 300 g/mol. The van der Waals surface area contributed by atoms with Gasteiger partial charge in [-0.2, -0.15) is 0 Å². The van der Waals surface area contributed by atoms with Gasteiger partial charge in [0.25, 0.3) is 5.91 Å². The molecule has 120 valence electrons. The van der Waals surface area contributed by atoms with Crippen molar-refractivity contribution in [1.29, 1.82) is 0 Å². The molecule has 2 aromatic carbocycles. The Morgan fingerprint density at radius 1 is 0.958 bits per heavy atom. The quantitative estimate of drug-likeness (QED) is 0.755. The molecule has 1 heterocycles. The number of hydrogen-bond acceptors (Lipinski definition) is 3. The fourth-order valence-electron chi connectivity index (χ4n) is 2.43. The Balaban J connectivity index is 1.80. The van der Waals surface area contributed by atoms with Gasteiger partial charge in [-0.05, 0) is 49.2 Å². The topological polar surface area (TPSA) is 51.2 Å². The van der Waals surface area contributed by atoms with Gasteiger partial charge < -0.3 is 10.1 Å². The molecule has 0 radical (unpaired) electrons. The summed E-state index contributed by atoms with van der Waals surface area (Å²) in [6.45, 7) is 3.95. The first-order chi connectivity index (χ1) is 11.6. The summed E-state index contributed by atoms with van der Waals surface area (Å²) in [5.41, 5.74) is 3.44. The fourth-order valence-corrected chi connectivity index (χ4v) is 2.43. The molecule has 0 saturated heterocycles. The summed E-state index contributed by atoms with van der Waals surface area (Å²) >= 11 is 0. The first kappa shape index (κ1) is 15.7. The molecule has 0 spiro atoms. The highest BCUT2D eigenvalue weighted by Gasteiger charge is 2.10. The van der Waals surface area contributed by atoms with E-state index in [-0.39, 0.29) is 5.91 Å². The maximum absolute atomic E-state index is 12.5. The standard InChI is InChI=1S/C20H18N2O2/c1-14-7-5-8-15(2)19(14)22-20(23)16-9-6-10-17(13-16)24-18-11-3-4-12-21-18/h3-13H,1-2H3,(H,22,23). The third-order valence-electron chi connectivity index (χ3n) is 3.68. The van der Waals surface area contributed by atoms with E-state index in [4.69, 9.17) is 4.74 Å². The van der Waals surface area contributed by atoms with Crippen molar-refractivity contribution in [3.63, 3.8) is 0 Å². The summed E-state index contributed by atoms with van der Waals surface area (Å²) in [4.78, 5) is 16.7. The van der Waals surface area contributed by atoms with Gasteiger partial charge in [-0.3, -0.25) is 4.79 Å². The predicted octanol–water partition coefficient (Wildman–Crippen LogP) is 4.74. The van der Waals surface area contributed by atoms with E-state index < -0.39 is 0 Å². The van der Waals surface area contributed by atoms with Crippen molar-refractivity contribution < 1.29 is 9.53 Å². The van der Waals surface area contributed by atoms with Crippen LogP contribution >= 0.6 is 0 Å². The molecule has 0 aliphatic rings. The number of anilines is 1. The second-order valence-electron chi connectivity index (χ2n) is 5.52. The number of nitrogens with one attached hydrogen (secondary N) is 1. The van der Waals surface area contributed by atoms with Crippen LogP contribution in [0.15, 0.2) is 66.9 Å². The maximum atomic E-state index is 12.5. The van der Waals surface area contributed by atoms with Gasteiger partial charge >= 0.3 is 0 Å². The lowest BCUT2D eigenvalue weighted by Crippen LogP contribution is -2.13. The van der Waals surface area contributed by atoms with Crippen LogP contribution in [0.4, 0.5) is 5.69 Å². The average molecular weight is 318 g/mol. The molecule has 0 bridgehead atoms. The number of carbonyl (C=O) groups is 1. The van der Waals surface area contributed by atoms with E-state index in [0.29, 0.717) is 17.2 Å². The molecule has 4 nitrogen and oxygen atoms in total. The summed E-state index contributed by atoms with van der Waals surface area (Å²) in [5.74, 6) is 0.895. The van der Waals surface area contributed by atoms with E-state index in [1.165, 1.54) is 0 Å². The number of carbonyl (C=O) groups excluding carboxylic acids is 1. The molecule has 1 amide bonds. The Morgan fingerprint density at radius 3 is 2.42 bits per heavy atom. The smallest absolute Gasteiger partial charge is 0.255 e. The summed E-state index contributed by atoms with van der Waals surface area (Å²) in [7, 11) is 0. The molecule has 0 aliphatic carbocycles. The Bertz CT molecular complexity index is 840. The Hall–Kier alpha value is -3.14. The van der Waals surface area contributed by atoms with E-state index >= 15 is 0 Å². The predicted molar refractivity (Wildman–Crippen MR) is 94.6 cm³/mol. The summed E-state index contributed by atoms with van der Waals surface area (Å²) in [5, 5.41) is 2.98. The molecule has 24 heavy (non-hydrogen) atoms. The lowest BCUT2D eigenvalue weighted by atomic mass is 10.1. The SMILES string of the molecule is Cc1cccc(C)c1NC(=O)c1cccc(Oc2ccccn2)c1. The molecule has 0 fully saturated rings. The molecule has 4 heteroatoms. The normalized spacial score (nSPS) is 10.2. The number of aryl methyl sites for hydroxylation is 2. The number of ether oxygens (including phenoxy) is 1.